The van der Waals surface area contributed by atoms with Crippen molar-refractivity contribution < 1.29 is 4.74 Å². The molecule has 0 saturated heterocycles. The standard InChI is InChI=1S/C18H30N2O/c1-14(18(2,3)4)21-13-6-5-9-16-11-10-15-8-7-12-19-17(15)20-16/h10-11,14H,5-9,12-13H2,1-4H3,(H,19,20). The number of aryl methyl sites for hydroxylation is 2. The molecular weight excluding hydrogens is 260 g/mol. The van der Waals surface area contributed by atoms with E-state index in [4.69, 9.17) is 9.72 Å². The molecule has 1 aromatic rings. The Hall–Kier alpha value is -1.09. The maximum atomic E-state index is 5.90. The SMILES string of the molecule is CC(OCCCCc1ccc2c(n1)NCCC2)C(C)(C)C. The number of aromatic nitrogens is 1. The molecule has 21 heavy (non-hydrogen) atoms. The molecule has 1 aliphatic rings. The van der Waals surface area contributed by atoms with Gasteiger partial charge in [0.2, 0.25) is 0 Å². The predicted octanol–water partition coefficient (Wildman–Crippen LogP) is 4.21. The molecule has 3 heteroatoms. The zero-order valence-electron chi connectivity index (χ0n) is 14.0. The van der Waals surface area contributed by atoms with Gasteiger partial charge in [0.15, 0.2) is 0 Å². The van der Waals surface area contributed by atoms with Crippen molar-refractivity contribution >= 4 is 5.82 Å². The zero-order chi connectivity index (χ0) is 15.3. The fraction of sp³-hybridized carbons (Fsp3) is 0.722. The lowest BCUT2D eigenvalue weighted by Gasteiger charge is -2.27. The first kappa shape index (κ1) is 16.3. The number of hydrogen-bond donors (Lipinski definition) is 1. The van der Waals surface area contributed by atoms with E-state index in [0.29, 0.717) is 6.10 Å². The summed E-state index contributed by atoms with van der Waals surface area (Å²) < 4.78 is 5.90. The van der Waals surface area contributed by atoms with Crippen LogP contribution in [0.4, 0.5) is 5.82 Å². The minimum absolute atomic E-state index is 0.228. The average Bonchev–Trinajstić information content (AvgIpc) is 2.45. The molecule has 0 amide bonds. The maximum Gasteiger partial charge on any atom is 0.129 e. The number of unbranched alkanes of at least 4 members (excludes halogenated alkanes) is 1. The number of ether oxygens (including phenoxy) is 1. The minimum atomic E-state index is 0.228. The molecule has 0 saturated carbocycles. The van der Waals surface area contributed by atoms with E-state index in [1.54, 1.807) is 0 Å². The van der Waals surface area contributed by atoms with Gasteiger partial charge in [0, 0.05) is 18.8 Å². The summed E-state index contributed by atoms with van der Waals surface area (Å²) in [5.74, 6) is 1.11. The zero-order valence-corrected chi connectivity index (χ0v) is 14.0. The van der Waals surface area contributed by atoms with E-state index in [9.17, 15) is 0 Å². The van der Waals surface area contributed by atoms with E-state index in [2.05, 4.69) is 45.1 Å². The quantitative estimate of drug-likeness (QED) is 0.797. The van der Waals surface area contributed by atoms with Crippen LogP contribution in [0, 0.1) is 5.41 Å². The Morgan fingerprint density at radius 3 is 2.86 bits per heavy atom. The van der Waals surface area contributed by atoms with Crippen molar-refractivity contribution in [1.29, 1.82) is 0 Å². The monoisotopic (exact) mass is 290 g/mol. The van der Waals surface area contributed by atoms with Crippen LogP contribution in [0.15, 0.2) is 12.1 Å². The molecule has 0 aromatic carbocycles. The van der Waals surface area contributed by atoms with E-state index in [0.717, 1.165) is 44.7 Å². The third kappa shape index (κ3) is 4.99. The van der Waals surface area contributed by atoms with Crippen LogP contribution in [0.5, 0.6) is 0 Å². The van der Waals surface area contributed by atoms with E-state index in [1.165, 1.54) is 17.7 Å². The number of nitrogens with one attached hydrogen (secondary N) is 1. The van der Waals surface area contributed by atoms with Crippen molar-refractivity contribution in [3.05, 3.63) is 23.4 Å². The maximum absolute atomic E-state index is 5.90. The van der Waals surface area contributed by atoms with Gasteiger partial charge in [0.25, 0.3) is 0 Å². The summed E-state index contributed by atoms with van der Waals surface area (Å²) in [6.45, 7) is 10.7. The van der Waals surface area contributed by atoms with Crippen LogP contribution < -0.4 is 5.32 Å². The van der Waals surface area contributed by atoms with E-state index in [-0.39, 0.29) is 5.41 Å². The van der Waals surface area contributed by atoms with Crippen molar-refractivity contribution in [3.63, 3.8) is 0 Å². The summed E-state index contributed by atoms with van der Waals surface area (Å²) >= 11 is 0. The van der Waals surface area contributed by atoms with Gasteiger partial charge in [0.05, 0.1) is 6.10 Å². The van der Waals surface area contributed by atoms with Gasteiger partial charge in [-0.1, -0.05) is 26.8 Å². The second kappa shape index (κ2) is 7.26. The average molecular weight is 290 g/mol. The minimum Gasteiger partial charge on any atom is -0.378 e. The predicted molar refractivity (Wildman–Crippen MR) is 88.9 cm³/mol. The van der Waals surface area contributed by atoms with Crippen LogP contribution in [0.1, 0.15) is 58.2 Å². The Kier molecular flexibility index (Phi) is 5.63. The largest absolute Gasteiger partial charge is 0.378 e. The Labute approximate surface area is 129 Å². The van der Waals surface area contributed by atoms with Crippen LogP contribution in [-0.4, -0.2) is 24.2 Å². The highest BCUT2D eigenvalue weighted by atomic mass is 16.5. The van der Waals surface area contributed by atoms with E-state index < -0.39 is 0 Å². The third-order valence-electron chi connectivity index (χ3n) is 4.37. The van der Waals surface area contributed by atoms with Crippen LogP contribution >= 0.6 is 0 Å². The smallest absolute Gasteiger partial charge is 0.129 e. The number of hydrogen-bond acceptors (Lipinski definition) is 3. The van der Waals surface area contributed by atoms with Crippen molar-refractivity contribution in [2.45, 2.75) is 65.9 Å². The lowest BCUT2D eigenvalue weighted by atomic mass is 9.90. The summed E-state index contributed by atoms with van der Waals surface area (Å²) in [6, 6.07) is 4.42. The molecule has 2 rings (SSSR count). The first-order valence-electron chi connectivity index (χ1n) is 8.31. The highest BCUT2D eigenvalue weighted by Gasteiger charge is 2.20. The normalized spacial score (nSPS) is 16.2. The van der Waals surface area contributed by atoms with E-state index in [1.807, 2.05) is 0 Å². The fourth-order valence-corrected chi connectivity index (χ4v) is 2.43. The Morgan fingerprint density at radius 1 is 1.29 bits per heavy atom. The first-order valence-corrected chi connectivity index (χ1v) is 8.31. The van der Waals surface area contributed by atoms with Gasteiger partial charge < -0.3 is 10.1 Å². The Morgan fingerprint density at radius 2 is 2.10 bits per heavy atom. The molecule has 1 aliphatic heterocycles. The first-order chi connectivity index (χ1) is 9.97. The second-order valence-electron chi connectivity index (χ2n) is 7.18. The van der Waals surface area contributed by atoms with Crippen molar-refractivity contribution in [1.82, 2.24) is 4.98 Å². The summed E-state index contributed by atoms with van der Waals surface area (Å²) in [5, 5.41) is 3.40. The molecule has 0 aliphatic carbocycles. The van der Waals surface area contributed by atoms with Gasteiger partial charge in [0.1, 0.15) is 5.82 Å². The van der Waals surface area contributed by atoms with Gasteiger partial charge in [-0.25, -0.2) is 4.98 Å². The highest BCUT2D eigenvalue weighted by Crippen LogP contribution is 2.22. The van der Waals surface area contributed by atoms with Crippen LogP contribution in [0.25, 0.3) is 0 Å². The molecule has 0 fully saturated rings. The molecule has 0 bridgehead atoms. The highest BCUT2D eigenvalue weighted by molar-refractivity contribution is 5.46. The lowest BCUT2D eigenvalue weighted by molar-refractivity contribution is -0.00625. The molecule has 1 N–H and O–H groups in total. The van der Waals surface area contributed by atoms with Gasteiger partial charge >= 0.3 is 0 Å². The summed E-state index contributed by atoms with van der Waals surface area (Å²) in [7, 11) is 0. The van der Waals surface area contributed by atoms with Crippen molar-refractivity contribution in [2.75, 3.05) is 18.5 Å². The molecule has 118 valence electrons. The van der Waals surface area contributed by atoms with Gasteiger partial charge in [-0.05, 0) is 56.1 Å². The van der Waals surface area contributed by atoms with Gasteiger partial charge in [-0.3, -0.25) is 0 Å². The molecular formula is C18H30N2O. The molecule has 1 atom stereocenters. The van der Waals surface area contributed by atoms with Crippen LogP contribution in [0.3, 0.4) is 0 Å². The Balaban J connectivity index is 1.69. The number of nitrogens with zero attached hydrogens (tertiary/aromatic N) is 1. The van der Waals surface area contributed by atoms with Crippen LogP contribution in [0.2, 0.25) is 0 Å². The second-order valence-corrected chi connectivity index (χ2v) is 7.18. The summed E-state index contributed by atoms with van der Waals surface area (Å²) in [4.78, 5) is 4.73. The molecule has 0 spiro atoms. The number of anilines is 1. The summed E-state index contributed by atoms with van der Waals surface area (Å²) in [6.07, 6.45) is 5.98. The third-order valence-corrected chi connectivity index (χ3v) is 4.37. The van der Waals surface area contributed by atoms with Crippen molar-refractivity contribution in [3.8, 4) is 0 Å². The van der Waals surface area contributed by atoms with Gasteiger partial charge in [-0.15, -0.1) is 0 Å². The summed E-state index contributed by atoms with van der Waals surface area (Å²) in [5.41, 5.74) is 2.80. The fourth-order valence-electron chi connectivity index (χ4n) is 2.43. The molecule has 3 nitrogen and oxygen atoms in total. The molecule has 2 heterocycles. The van der Waals surface area contributed by atoms with Gasteiger partial charge in [-0.2, -0.15) is 0 Å². The topological polar surface area (TPSA) is 34.1 Å². The lowest BCUT2D eigenvalue weighted by Crippen LogP contribution is -2.26. The number of fused-ring (bicyclic) bond motifs is 1. The molecule has 1 aromatic heterocycles. The van der Waals surface area contributed by atoms with Crippen molar-refractivity contribution in [2.24, 2.45) is 5.41 Å². The molecule has 1 unspecified atom stereocenters. The Bertz CT molecular complexity index is 451. The number of pyridine rings is 1. The van der Waals surface area contributed by atoms with Crippen LogP contribution in [-0.2, 0) is 17.6 Å². The number of rotatable bonds is 6. The van der Waals surface area contributed by atoms with E-state index >= 15 is 0 Å². The molecule has 0 radical (unpaired) electrons.